The number of sulfonamides is 1. The standard InChI is InChI=1S/C17H15Cl2NO4S/c1-25(22,23)20-9-3-4-11-10-12(7-8-14(11)20)17(21)24-15-6-2-5-13(18)16(15)19/h2,5-8,10H,3-4,9H2,1H3. The van der Waals surface area contributed by atoms with Crippen LogP contribution in [-0.4, -0.2) is 27.2 Å². The highest BCUT2D eigenvalue weighted by Gasteiger charge is 2.25. The molecule has 0 N–H and O–H groups in total. The second-order valence-corrected chi connectivity index (χ2v) is 8.42. The molecule has 132 valence electrons. The van der Waals surface area contributed by atoms with Gasteiger partial charge >= 0.3 is 5.97 Å². The van der Waals surface area contributed by atoms with Gasteiger partial charge in [-0.15, -0.1) is 0 Å². The van der Waals surface area contributed by atoms with Crippen molar-refractivity contribution in [3.05, 3.63) is 57.6 Å². The lowest BCUT2D eigenvalue weighted by atomic mass is 10.0. The predicted octanol–water partition coefficient (Wildman–Crippen LogP) is 3.92. The van der Waals surface area contributed by atoms with Crippen LogP contribution in [0.25, 0.3) is 0 Å². The third-order valence-electron chi connectivity index (χ3n) is 3.91. The van der Waals surface area contributed by atoms with Crippen molar-refractivity contribution in [3.63, 3.8) is 0 Å². The molecule has 0 aliphatic carbocycles. The molecule has 0 aromatic heterocycles. The van der Waals surface area contributed by atoms with E-state index in [4.69, 9.17) is 27.9 Å². The Balaban J connectivity index is 1.89. The third-order valence-corrected chi connectivity index (χ3v) is 5.89. The topological polar surface area (TPSA) is 63.7 Å². The summed E-state index contributed by atoms with van der Waals surface area (Å²) < 4.78 is 30.4. The van der Waals surface area contributed by atoms with Crippen molar-refractivity contribution in [1.82, 2.24) is 0 Å². The molecule has 1 heterocycles. The number of hydrogen-bond donors (Lipinski definition) is 0. The maximum atomic E-state index is 12.4. The van der Waals surface area contributed by atoms with Crippen molar-refractivity contribution in [2.24, 2.45) is 0 Å². The Morgan fingerprint density at radius 2 is 1.96 bits per heavy atom. The fourth-order valence-electron chi connectivity index (χ4n) is 2.76. The minimum atomic E-state index is -3.35. The smallest absolute Gasteiger partial charge is 0.343 e. The van der Waals surface area contributed by atoms with Gasteiger partial charge in [0, 0.05) is 6.54 Å². The zero-order valence-electron chi connectivity index (χ0n) is 13.3. The van der Waals surface area contributed by atoms with Gasteiger partial charge in [0.2, 0.25) is 10.0 Å². The molecule has 0 radical (unpaired) electrons. The average Bonchev–Trinajstić information content (AvgIpc) is 2.57. The van der Waals surface area contributed by atoms with Crippen LogP contribution in [0.3, 0.4) is 0 Å². The average molecular weight is 400 g/mol. The molecule has 1 aliphatic rings. The van der Waals surface area contributed by atoms with E-state index in [1.165, 1.54) is 10.6 Å². The fourth-order valence-corrected chi connectivity index (χ4v) is 4.08. The minimum Gasteiger partial charge on any atom is -0.421 e. The van der Waals surface area contributed by atoms with Crippen LogP contribution in [0, 0.1) is 0 Å². The van der Waals surface area contributed by atoms with Gasteiger partial charge in [-0.3, -0.25) is 4.31 Å². The number of ether oxygens (including phenoxy) is 1. The predicted molar refractivity (Wildman–Crippen MR) is 98.4 cm³/mol. The summed E-state index contributed by atoms with van der Waals surface area (Å²) >= 11 is 11.9. The summed E-state index contributed by atoms with van der Waals surface area (Å²) in [6.45, 7) is 0.438. The second-order valence-electron chi connectivity index (χ2n) is 5.72. The number of esters is 1. The Kier molecular flexibility index (Phi) is 4.95. The molecule has 0 spiro atoms. The number of aryl methyl sites for hydroxylation is 1. The van der Waals surface area contributed by atoms with Crippen LogP contribution >= 0.6 is 23.2 Å². The number of fused-ring (bicyclic) bond motifs is 1. The van der Waals surface area contributed by atoms with E-state index in [-0.39, 0.29) is 10.8 Å². The lowest BCUT2D eigenvalue weighted by Gasteiger charge is -2.29. The van der Waals surface area contributed by atoms with Crippen molar-refractivity contribution >= 4 is 44.9 Å². The number of hydrogen-bond acceptors (Lipinski definition) is 4. The molecule has 2 aromatic carbocycles. The lowest BCUT2D eigenvalue weighted by molar-refractivity contribution is 0.0735. The van der Waals surface area contributed by atoms with Gasteiger partial charge in [0.1, 0.15) is 5.02 Å². The Bertz CT molecular complexity index is 944. The van der Waals surface area contributed by atoms with Crippen LogP contribution in [0.2, 0.25) is 10.0 Å². The van der Waals surface area contributed by atoms with E-state index in [9.17, 15) is 13.2 Å². The number of benzene rings is 2. The summed E-state index contributed by atoms with van der Waals surface area (Å²) in [4.78, 5) is 12.4. The molecule has 0 bridgehead atoms. The fraction of sp³-hybridized carbons (Fsp3) is 0.235. The first-order valence-electron chi connectivity index (χ1n) is 7.54. The van der Waals surface area contributed by atoms with Gasteiger partial charge in [0.25, 0.3) is 0 Å². The van der Waals surface area contributed by atoms with E-state index in [0.717, 1.165) is 5.56 Å². The Labute approximate surface area is 156 Å². The quantitative estimate of drug-likeness (QED) is 0.579. The molecule has 5 nitrogen and oxygen atoms in total. The van der Waals surface area contributed by atoms with Gasteiger partial charge in [-0.25, -0.2) is 13.2 Å². The number of anilines is 1. The Morgan fingerprint density at radius 3 is 2.68 bits per heavy atom. The van der Waals surface area contributed by atoms with Crippen LogP contribution in [0.5, 0.6) is 5.75 Å². The zero-order chi connectivity index (χ0) is 18.2. The number of halogens is 2. The summed E-state index contributed by atoms with van der Waals surface area (Å²) in [6.07, 6.45) is 2.56. The summed E-state index contributed by atoms with van der Waals surface area (Å²) in [7, 11) is -3.35. The van der Waals surface area contributed by atoms with Crippen molar-refractivity contribution in [3.8, 4) is 5.75 Å². The second kappa shape index (κ2) is 6.86. The van der Waals surface area contributed by atoms with Crippen LogP contribution in [-0.2, 0) is 16.4 Å². The molecular weight excluding hydrogens is 385 g/mol. The van der Waals surface area contributed by atoms with Crippen molar-refractivity contribution in [2.45, 2.75) is 12.8 Å². The zero-order valence-corrected chi connectivity index (χ0v) is 15.7. The highest BCUT2D eigenvalue weighted by molar-refractivity contribution is 7.92. The molecule has 2 aromatic rings. The monoisotopic (exact) mass is 399 g/mol. The lowest BCUT2D eigenvalue weighted by Crippen LogP contribution is -2.34. The minimum absolute atomic E-state index is 0.165. The first kappa shape index (κ1) is 18.0. The maximum absolute atomic E-state index is 12.4. The van der Waals surface area contributed by atoms with E-state index in [2.05, 4.69) is 0 Å². The molecule has 0 amide bonds. The van der Waals surface area contributed by atoms with E-state index < -0.39 is 16.0 Å². The van der Waals surface area contributed by atoms with Crippen LogP contribution in [0.15, 0.2) is 36.4 Å². The van der Waals surface area contributed by atoms with E-state index in [1.54, 1.807) is 36.4 Å². The van der Waals surface area contributed by atoms with Gasteiger partial charge in [-0.2, -0.15) is 0 Å². The molecule has 1 aliphatic heterocycles. The molecule has 0 saturated carbocycles. The summed E-state index contributed by atoms with van der Waals surface area (Å²) in [5.74, 6) is -0.405. The SMILES string of the molecule is CS(=O)(=O)N1CCCc2cc(C(=O)Oc3cccc(Cl)c3Cl)ccc21. The first-order chi connectivity index (χ1) is 11.8. The largest absolute Gasteiger partial charge is 0.421 e. The van der Waals surface area contributed by atoms with Crippen LogP contribution < -0.4 is 9.04 Å². The van der Waals surface area contributed by atoms with Crippen molar-refractivity contribution in [2.75, 3.05) is 17.1 Å². The third kappa shape index (κ3) is 3.76. The Hall–Kier alpha value is -1.76. The van der Waals surface area contributed by atoms with E-state index in [1.807, 2.05) is 0 Å². The van der Waals surface area contributed by atoms with Crippen molar-refractivity contribution < 1.29 is 17.9 Å². The van der Waals surface area contributed by atoms with Gasteiger partial charge < -0.3 is 4.74 Å². The first-order valence-corrected chi connectivity index (χ1v) is 10.1. The molecular formula is C17H15Cl2NO4S. The molecule has 0 unspecified atom stereocenters. The molecule has 3 rings (SSSR count). The number of carbonyl (C=O) groups excluding carboxylic acids is 1. The molecule has 0 fully saturated rings. The van der Waals surface area contributed by atoms with E-state index in [0.29, 0.717) is 35.7 Å². The highest BCUT2D eigenvalue weighted by atomic mass is 35.5. The highest BCUT2D eigenvalue weighted by Crippen LogP contribution is 2.33. The molecule has 0 atom stereocenters. The van der Waals surface area contributed by atoms with Gasteiger partial charge in [-0.05, 0) is 48.7 Å². The number of carbonyl (C=O) groups is 1. The Morgan fingerprint density at radius 1 is 1.20 bits per heavy atom. The molecule has 8 heteroatoms. The normalized spacial score (nSPS) is 14.1. The summed E-state index contributed by atoms with van der Waals surface area (Å²) in [5, 5.41) is 0.458. The van der Waals surface area contributed by atoms with Gasteiger partial charge in [-0.1, -0.05) is 29.3 Å². The van der Waals surface area contributed by atoms with E-state index >= 15 is 0 Å². The number of nitrogens with zero attached hydrogens (tertiary/aromatic N) is 1. The van der Waals surface area contributed by atoms with Crippen LogP contribution in [0.1, 0.15) is 22.3 Å². The molecule has 0 saturated heterocycles. The van der Waals surface area contributed by atoms with Crippen LogP contribution in [0.4, 0.5) is 5.69 Å². The van der Waals surface area contributed by atoms with Crippen molar-refractivity contribution in [1.29, 1.82) is 0 Å². The van der Waals surface area contributed by atoms with Gasteiger partial charge in [0.15, 0.2) is 5.75 Å². The molecule has 25 heavy (non-hydrogen) atoms. The summed E-state index contributed by atoms with van der Waals surface area (Å²) in [6, 6.07) is 9.62. The van der Waals surface area contributed by atoms with Gasteiger partial charge in [0.05, 0.1) is 22.5 Å². The number of rotatable bonds is 3. The maximum Gasteiger partial charge on any atom is 0.343 e. The summed E-state index contributed by atoms with van der Waals surface area (Å²) in [5.41, 5.74) is 1.72.